The van der Waals surface area contributed by atoms with E-state index < -0.39 is 11.4 Å². The third-order valence-electron chi connectivity index (χ3n) is 4.23. The molecule has 1 aromatic rings. The van der Waals surface area contributed by atoms with Crippen LogP contribution in [0.5, 0.6) is 0 Å². The number of H-pyrrole nitrogens is 1. The lowest BCUT2D eigenvalue weighted by molar-refractivity contribution is -0.154. The van der Waals surface area contributed by atoms with Crippen LogP contribution < -0.4 is 5.32 Å². The van der Waals surface area contributed by atoms with E-state index in [0.29, 0.717) is 19.4 Å². The maximum absolute atomic E-state index is 12.0. The number of aromatic amines is 1. The van der Waals surface area contributed by atoms with Crippen LogP contribution in [0.2, 0.25) is 0 Å². The van der Waals surface area contributed by atoms with Gasteiger partial charge in [0.15, 0.2) is 0 Å². The highest BCUT2D eigenvalue weighted by Crippen LogP contribution is 2.39. The first-order valence-corrected chi connectivity index (χ1v) is 7.61. The summed E-state index contributed by atoms with van der Waals surface area (Å²) in [5, 5.41) is 12.3. The van der Waals surface area contributed by atoms with E-state index in [2.05, 4.69) is 15.3 Å². The number of hydrogen-bond acceptors (Lipinski definition) is 3. The number of carboxylic acids is 1. The average Bonchev–Trinajstić information content (AvgIpc) is 2.98. The summed E-state index contributed by atoms with van der Waals surface area (Å²) < 4.78 is 0. The van der Waals surface area contributed by atoms with Gasteiger partial charge in [-0.2, -0.15) is 0 Å². The number of aryl methyl sites for hydroxylation is 1. The van der Waals surface area contributed by atoms with Crippen LogP contribution >= 0.6 is 0 Å². The fourth-order valence-electron chi connectivity index (χ4n) is 2.98. The van der Waals surface area contributed by atoms with Gasteiger partial charge in [0.1, 0.15) is 5.82 Å². The molecule has 1 aromatic heterocycles. The molecule has 1 amide bonds. The van der Waals surface area contributed by atoms with Gasteiger partial charge >= 0.3 is 5.97 Å². The maximum Gasteiger partial charge on any atom is 0.310 e. The summed E-state index contributed by atoms with van der Waals surface area (Å²) in [6.07, 6.45) is 9.24. The summed E-state index contributed by atoms with van der Waals surface area (Å²) >= 11 is 0. The van der Waals surface area contributed by atoms with Crippen molar-refractivity contribution < 1.29 is 14.7 Å². The van der Waals surface area contributed by atoms with Gasteiger partial charge in [0, 0.05) is 31.8 Å². The Kier molecular flexibility index (Phi) is 5.36. The zero-order valence-electron chi connectivity index (χ0n) is 12.2. The molecule has 21 heavy (non-hydrogen) atoms. The van der Waals surface area contributed by atoms with E-state index >= 15 is 0 Å². The lowest BCUT2D eigenvalue weighted by Crippen LogP contribution is -2.39. The van der Waals surface area contributed by atoms with Crippen LogP contribution in [0.15, 0.2) is 12.4 Å². The summed E-state index contributed by atoms with van der Waals surface area (Å²) in [4.78, 5) is 30.6. The second-order valence-electron chi connectivity index (χ2n) is 5.81. The van der Waals surface area contributed by atoms with E-state index in [1.807, 2.05) is 0 Å². The molecule has 0 saturated heterocycles. The predicted octanol–water partition coefficient (Wildman–Crippen LogP) is 1.88. The highest BCUT2D eigenvalue weighted by molar-refractivity contribution is 5.85. The number of imidazole rings is 1. The first-order valence-electron chi connectivity index (χ1n) is 7.61. The number of carboxylic acid groups (broad SMARTS) is 1. The van der Waals surface area contributed by atoms with Gasteiger partial charge in [0.2, 0.25) is 5.91 Å². The third-order valence-corrected chi connectivity index (χ3v) is 4.23. The number of carbonyl (C=O) groups is 2. The minimum atomic E-state index is -0.844. The number of amides is 1. The lowest BCUT2D eigenvalue weighted by atomic mass is 9.71. The molecule has 0 aromatic carbocycles. The number of rotatable bonds is 7. The zero-order valence-corrected chi connectivity index (χ0v) is 12.2. The van der Waals surface area contributed by atoms with Crippen molar-refractivity contribution in [3.63, 3.8) is 0 Å². The molecule has 1 aliphatic carbocycles. The zero-order chi connectivity index (χ0) is 15.1. The van der Waals surface area contributed by atoms with Gasteiger partial charge in [-0.25, -0.2) is 4.98 Å². The summed E-state index contributed by atoms with van der Waals surface area (Å²) in [7, 11) is 0. The van der Waals surface area contributed by atoms with Gasteiger partial charge in [-0.1, -0.05) is 19.3 Å². The molecule has 6 heteroatoms. The maximum atomic E-state index is 12.0. The van der Waals surface area contributed by atoms with Crippen LogP contribution in [-0.2, 0) is 16.0 Å². The molecule has 0 aliphatic heterocycles. The average molecular weight is 293 g/mol. The van der Waals surface area contributed by atoms with Crippen molar-refractivity contribution in [3.05, 3.63) is 18.2 Å². The van der Waals surface area contributed by atoms with Crippen LogP contribution in [0.1, 0.15) is 50.8 Å². The summed E-state index contributed by atoms with van der Waals surface area (Å²) in [6, 6.07) is 0. The standard InChI is InChI=1S/C15H23N3O3/c19-13(18-8-4-5-12-16-9-10-17-12)11-15(14(20)21)6-2-1-3-7-15/h9-10H,1-8,11H2,(H,16,17)(H,18,19)(H,20,21). The Morgan fingerprint density at radius 1 is 1.33 bits per heavy atom. The Hall–Kier alpha value is -1.85. The quantitative estimate of drug-likeness (QED) is 0.669. The molecule has 1 heterocycles. The van der Waals surface area contributed by atoms with E-state index in [-0.39, 0.29) is 12.3 Å². The van der Waals surface area contributed by atoms with Crippen molar-refractivity contribution in [2.45, 2.75) is 51.4 Å². The number of aromatic nitrogens is 2. The van der Waals surface area contributed by atoms with Gasteiger partial charge in [0.05, 0.1) is 5.41 Å². The molecular weight excluding hydrogens is 270 g/mol. The smallest absolute Gasteiger partial charge is 0.310 e. The molecular formula is C15H23N3O3. The molecule has 1 saturated carbocycles. The van der Waals surface area contributed by atoms with Gasteiger partial charge in [0.25, 0.3) is 0 Å². The van der Waals surface area contributed by atoms with E-state index in [0.717, 1.165) is 37.9 Å². The first kappa shape index (κ1) is 15.5. The normalized spacial score (nSPS) is 17.3. The van der Waals surface area contributed by atoms with Crippen molar-refractivity contribution in [2.24, 2.45) is 5.41 Å². The van der Waals surface area contributed by atoms with Gasteiger partial charge < -0.3 is 15.4 Å². The lowest BCUT2D eigenvalue weighted by Gasteiger charge is -2.32. The monoisotopic (exact) mass is 293 g/mol. The first-order chi connectivity index (χ1) is 10.1. The fraction of sp³-hybridized carbons (Fsp3) is 0.667. The van der Waals surface area contributed by atoms with Crippen molar-refractivity contribution in [2.75, 3.05) is 6.54 Å². The summed E-state index contributed by atoms with van der Waals surface area (Å²) in [5.74, 6) is -0.0785. The Morgan fingerprint density at radius 2 is 2.10 bits per heavy atom. The molecule has 2 rings (SSSR count). The van der Waals surface area contributed by atoms with E-state index in [4.69, 9.17) is 0 Å². The van der Waals surface area contributed by atoms with Crippen molar-refractivity contribution >= 4 is 11.9 Å². The summed E-state index contributed by atoms with van der Waals surface area (Å²) in [6.45, 7) is 0.551. The van der Waals surface area contributed by atoms with Crippen molar-refractivity contribution in [1.82, 2.24) is 15.3 Å². The topological polar surface area (TPSA) is 95.1 Å². The predicted molar refractivity (Wildman–Crippen MR) is 77.7 cm³/mol. The van der Waals surface area contributed by atoms with E-state index in [1.165, 1.54) is 0 Å². The highest BCUT2D eigenvalue weighted by atomic mass is 16.4. The molecule has 1 fully saturated rings. The van der Waals surface area contributed by atoms with Gasteiger partial charge in [-0.15, -0.1) is 0 Å². The Bertz CT molecular complexity index is 465. The highest BCUT2D eigenvalue weighted by Gasteiger charge is 2.41. The molecule has 0 atom stereocenters. The second-order valence-corrected chi connectivity index (χ2v) is 5.81. The SMILES string of the molecule is O=C(CC1(C(=O)O)CCCCC1)NCCCc1ncc[nH]1. The molecule has 6 nitrogen and oxygen atoms in total. The van der Waals surface area contributed by atoms with E-state index in [9.17, 15) is 14.7 Å². The third kappa shape index (κ3) is 4.31. The number of nitrogens with one attached hydrogen (secondary N) is 2. The number of nitrogens with zero attached hydrogens (tertiary/aromatic N) is 1. The summed E-state index contributed by atoms with van der Waals surface area (Å²) in [5.41, 5.74) is -0.844. The minimum absolute atomic E-state index is 0.100. The Balaban J connectivity index is 1.73. The Labute approximate surface area is 124 Å². The molecule has 0 unspecified atom stereocenters. The van der Waals surface area contributed by atoms with Crippen LogP contribution in [0.25, 0.3) is 0 Å². The van der Waals surface area contributed by atoms with Crippen LogP contribution in [0.4, 0.5) is 0 Å². The molecule has 116 valence electrons. The molecule has 3 N–H and O–H groups in total. The van der Waals surface area contributed by atoms with E-state index in [1.54, 1.807) is 12.4 Å². The Morgan fingerprint density at radius 3 is 2.71 bits per heavy atom. The molecule has 0 spiro atoms. The van der Waals surface area contributed by atoms with Crippen molar-refractivity contribution in [1.29, 1.82) is 0 Å². The van der Waals surface area contributed by atoms with Crippen LogP contribution in [0.3, 0.4) is 0 Å². The van der Waals surface area contributed by atoms with Crippen LogP contribution in [0, 0.1) is 5.41 Å². The van der Waals surface area contributed by atoms with Gasteiger partial charge in [-0.05, 0) is 19.3 Å². The van der Waals surface area contributed by atoms with Gasteiger partial charge in [-0.3, -0.25) is 9.59 Å². The second kappa shape index (κ2) is 7.24. The number of hydrogen-bond donors (Lipinski definition) is 3. The van der Waals surface area contributed by atoms with Crippen LogP contribution in [-0.4, -0.2) is 33.5 Å². The molecule has 0 bridgehead atoms. The largest absolute Gasteiger partial charge is 0.481 e. The minimum Gasteiger partial charge on any atom is -0.481 e. The van der Waals surface area contributed by atoms with Crippen molar-refractivity contribution in [3.8, 4) is 0 Å². The molecule has 1 aliphatic rings. The number of carbonyl (C=O) groups excluding carboxylic acids is 1. The number of aliphatic carboxylic acids is 1. The molecule has 0 radical (unpaired) electrons. The fourth-order valence-corrected chi connectivity index (χ4v) is 2.98.